The van der Waals surface area contributed by atoms with Gasteiger partial charge in [-0.2, -0.15) is 0 Å². The standard InChI is InChI=1S/C25H25N3O4/c1-3-27-15-18-19-20(23(31)26(2)22(19)30)25(24(27)32,14-16-10-6-4-7-11-16)28(18)21(29)17-12-8-5-9-13-17/h4-13,18-20H,3,14-15H2,1-2H3/t18?,19?,20?,25-/m1/s1. The Hall–Kier alpha value is -3.48. The highest BCUT2D eigenvalue weighted by atomic mass is 16.2. The number of benzene rings is 2. The van der Waals surface area contributed by atoms with Crippen molar-refractivity contribution in [3.8, 4) is 0 Å². The maximum atomic E-state index is 14.0. The molecule has 7 heteroatoms. The topological polar surface area (TPSA) is 78.0 Å². The van der Waals surface area contributed by atoms with Crippen molar-refractivity contribution in [1.82, 2.24) is 14.7 Å². The maximum absolute atomic E-state index is 14.0. The normalized spacial score (nSPS) is 29.0. The molecule has 3 aliphatic rings. The van der Waals surface area contributed by atoms with Gasteiger partial charge in [-0.15, -0.1) is 0 Å². The van der Waals surface area contributed by atoms with Gasteiger partial charge in [-0.25, -0.2) is 0 Å². The molecule has 3 unspecified atom stereocenters. The summed E-state index contributed by atoms with van der Waals surface area (Å²) in [6, 6.07) is 17.7. The first-order valence-corrected chi connectivity index (χ1v) is 10.9. The Bertz CT molecular complexity index is 1100. The minimum absolute atomic E-state index is 0.187. The van der Waals surface area contributed by atoms with E-state index in [2.05, 4.69) is 0 Å². The molecule has 7 nitrogen and oxygen atoms in total. The van der Waals surface area contributed by atoms with Crippen molar-refractivity contribution in [2.75, 3.05) is 20.1 Å². The molecule has 2 bridgehead atoms. The predicted molar refractivity (Wildman–Crippen MR) is 116 cm³/mol. The fourth-order valence-corrected chi connectivity index (χ4v) is 5.85. The second kappa shape index (κ2) is 7.29. The van der Waals surface area contributed by atoms with Gasteiger partial charge in [0.05, 0.1) is 17.9 Å². The van der Waals surface area contributed by atoms with E-state index in [9.17, 15) is 19.2 Å². The Labute approximate surface area is 186 Å². The highest BCUT2D eigenvalue weighted by Crippen LogP contribution is 2.53. The molecular weight excluding hydrogens is 406 g/mol. The molecule has 0 saturated carbocycles. The number of imide groups is 1. The number of hydrogen-bond donors (Lipinski definition) is 0. The molecule has 3 fully saturated rings. The number of amides is 4. The SMILES string of the molecule is CCN1CC2C3C(=O)N(C)C(=O)C3[C@](Cc3ccccc3)(C1=O)N2C(=O)c1ccccc1. The van der Waals surface area contributed by atoms with E-state index in [1.165, 1.54) is 7.05 Å². The number of nitrogens with zero attached hydrogens (tertiary/aromatic N) is 3. The maximum Gasteiger partial charge on any atom is 0.255 e. The summed E-state index contributed by atoms with van der Waals surface area (Å²) in [6.45, 7) is 2.59. The predicted octanol–water partition coefficient (Wildman–Crippen LogP) is 1.59. The van der Waals surface area contributed by atoms with Crippen molar-refractivity contribution in [3.05, 3.63) is 71.8 Å². The lowest BCUT2D eigenvalue weighted by molar-refractivity contribution is -0.155. The first kappa shape index (κ1) is 20.4. The lowest BCUT2D eigenvalue weighted by Gasteiger charge is -2.49. The molecule has 5 rings (SSSR count). The van der Waals surface area contributed by atoms with Gasteiger partial charge in [0.25, 0.3) is 5.91 Å². The fraction of sp³-hybridized carbons (Fsp3) is 0.360. The summed E-state index contributed by atoms with van der Waals surface area (Å²) in [6.07, 6.45) is 0.187. The lowest BCUT2D eigenvalue weighted by atomic mass is 9.75. The summed E-state index contributed by atoms with van der Waals surface area (Å²) in [5, 5.41) is 0. The molecular formula is C25H25N3O4. The van der Waals surface area contributed by atoms with E-state index in [1.54, 1.807) is 34.1 Å². The van der Waals surface area contributed by atoms with Crippen LogP contribution in [-0.4, -0.2) is 70.0 Å². The van der Waals surface area contributed by atoms with Crippen LogP contribution in [0.15, 0.2) is 60.7 Å². The highest BCUT2D eigenvalue weighted by molar-refractivity contribution is 6.13. The van der Waals surface area contributed by atoms with Gasteiger partial charge in [0.2, 0.25) is 17.7 Å². The van der Waals surface area contributed by atoms with Gasteiger partial charge in [-0.3, -0.25) is 24.1 Å². The van der Waals surface area contributed by atoms with Crippen molar-refractivity contribution < 1.29 is 19.2 Å². The van der Waals surface area contributed by atoms with Crippen LogP contribution in [0.25, 0.3) is 0 Å². The van der Waals surface area contributed by atoms with Crippen LogP contribution in [-0.2, 0) is 20.8 Å². The number of piperazine rings is 1. The quantitative estimate of drug-likeness (QED) is 0.689. The Morgan fingerprint density at radius 2 is 1.59 bits per heavy atom. The van der Waals surface area contributed by atoms with Gasteiger partial charge < -0.3 is 9.80 Å². The van der Waals surface area contributed by atoms with Gasteiger partial charge >= 0.3 is 0 Å². The van der Waals surface area contributed by atoms with Crippen molar-refractivity contribution in [2.24, 2.45) is 11.8 Å². The average molecular weight is 431 g/mol. The summed E-state index contributed by atoms with van der Waals surface area (Å²) in [4.78, 5) is 58.9. The molecule has 2 aromatic carbocycles. The van der Waals surface area contributed by atoms with Crippen molar-refractivity contribution >= 4 is 23.6 Å². The van der Waals surface area contributed by atoms with E-state index in [-0.39, 0.29) is 36.6 Å². The summed E-state index contributed by atoms with van der Waals surface area (Å²) >= 11 is 0. The number of likely N-dealkylation sites (tertiary alicyclic amines) is 2. The molecule has 3 heterocycles. The van der Waals surface area contributed by atoms with Crippen LogP contribution >= 0.6 is 0 Å². The van der Waals surface area contributed by atoms with Crippen LogP contribution in [0, 0.1) is 11.8 Å². The number of carbonyl (C=O) groups excluding carboxylic acids is 4. The first-order valence-electron chi connectivity index (χ1n) is 10.9. The molecule has 4 atom stereocenters. The molecule has 0 radical (unpaired) electrons. The monoisotopic (exact) mass is 431 g/mol. The van der Waals surface area contributed by atoms with Gasteiger partial charge in [0, 0.05) is 32.1 Å². The third-order valence-electron chi connectivity index (χ3n) is 7.26. The number of carbonyl (C=O) groups is 4. The van der Waals surface area contributed by atoms with E-state index in [4.69, 9.17) is 0 Å². The summed E-state index contributed by atoms with van der Waals surface area (Å²) in [5.41, 5.74) is -0.144. The minimum Gasteiger partial charge on any atom is -0.339 e. The second-order valence-corrected chi connectivity index (χ2v) is 8.78. The van der Waals surface area contributed by atoms with Crippen LogP contribution in [0.1, 0.15) is 22.8 Å². The molecule has 0 spiro atoms. The molecule has 2 aromatic rings. The average Bonchev–Trinajstić information content (AvgIpc) is 3.19. The summed E-state index contributed by atoms with van der Waals surface area (Å²) < 4.78 is 0. The van der Waals surface area contributed by atoms with Crippen molar-refractivity contribution in [3.63, 3.8) is 0 Å². The summed E-state index contributed by atoms with van der Waals surface area (Å²) in [5.74, 6) is -2.86. The van der Waals surface area contributed by atoms with Crippen LogP contribution in [0.5, 0.6) is 0 Å². The highest BCUT2D eigenvalue weighted by Gasteiger charge is 2.74. The Morgan fingerprint density at radius 1 is 0.969 bits per heavy atom. The third-order valence-corrected chi connectivity index (χ3v) is 7.26. The van der Waals surface area contributed by atoms with Crippen LogP contribution in [0.3, 0.4) is 0 Å². The Balaban J connectivity index is 1.74. The first-order chi connectivity index (χ1) is 15.4. The van der Waals surface area contributed by atoms with Gasteiger partial charge in [-0.1, -0.05) is 48.5 Å². The molecule has 3 aliphatic heterocycles. The zero-order chi connectivity index (χ0) is 22.6. The van der Waals surface area contributed by atoms with Crippen LogP contribution in [0.2, 0.25) is 0 Å². The van der Waals surface area contributed by atoms with E-state index >= 15 is 0 Å². The van der Waals surface area contributed by atoms with Crippen LogP contribution < -0.4 is 0 Å². The van der Waals surface area contributed by atoms with E-state index < -0.39 is 23.4 Å². The molecule has 0 aliphatic carbocycles. The second-order valence-electron chi connectivity index (χ2n) is 8.78. The number of fused-ring (bicyclic) bond motifs is 5. The van der Waals surface area contributed by atoms with E-state index in [0.29, 0.717) is 12.1 Å². The van der Waals surface area contributed by atoms with Gasteiger partial charge in [0.1, 0.15) is 5.54 Å². The molecule has 3 saturated heterocycles. The largest absolute Gasteiger partial charge is 0.339 e. The van der Waals surface area contributed by atoms with Gasteiger partial charge in [0.15, 0.2) is 0 Å². The Kier molecular flexibility index (Phi) is 4.65. The Morgan fingerprint density at radius 3 is 2.22 bits per heavy atom. The van der Waals surface area contributed by atoms with Crippen LogP contribution in [0.4, 0.5) is 0 Å². The number of likely N-dealkylation sites (N-methyl/N-ethyl adjacent to an activating group) is 1. The molecule has 0 aromatic heterocycles. The lowest BCUT2D eigenvalue weighted by Crippen LogP contribution is -2.70. The fourth-order valence-electron chi connectivity index (χ4n) is 5.85. The smallest absolute Gasteiger partial charge is 0.255 e. The molecule has 4 amide bonds. The number of hydrogen-bond acceptors (Lipinski definition) is 4. The van der Waals surface area contributed by atoms with E-state index in [1.807, 2.05) is 43.3 Å². The number of rotatable bonds is 4. The zero-order valence-corrected chi connectivity index (χ0v) is 18.1. The zero-order valence-electron chi connectivity index (χ0n) is 18.1. The molecule has 32 heavy (non-hydrogen) atoms. The van der Waals surface area contributed by atoms with E-state index in [0.717, 1.165) is 10.5 Å². The third kappa shape index (κ3) is 2.60. The van der Waals surface area contributed by atoms with Gasteiger partial charge in [-0.05, 0) is 24.6 Å². The molecule has 164 valence electrons. The van der Waals surface area contributed by atoms with Crippen molar-refractivity contribution in [2.45, 2.75) is 24.9 Å². The molecule has 0 N–H and O–H groups in total. The summed E-state index contributed by atoms with van der Waals surface area (Å²) in [7, 11) is 1.47. The van der Waals surface area contributed by atoms with Crippen molar-refractivity contribution in [1.29, 1.82) is 0 Å². The minimum atomic E-state index is -1.44.